The predicted octanol–water partition coefficient (Wildman–Crippen LogP) is 2.54. The van der Waals surface area contributed by atoms with Gasteiger partial charge in [0, 0.05) is 11.8 Å². The smallest absolute Gasteiger partial charge is 0.416 e. The number of nitrogens with one attached hydrogen (secondary N) is 1. The minimum Gasteiger partial charge on any atom is -0.447 e. The maximum atomic E-state index is 13.1. The third kappa shape index (κ3) is 3.92. The molecule has 1 saturated heterocycles. The Bertz CT molecular complexity index is 1040. The second kappa shape index (κ2) is 8.03. The third-order valence-electron chi connectivity index (χ3n) is 4.60. The number of rotatable bonds is 6. The van der Waals surface area contributed by atoms with E-state index in [-0.39, 0.29) is 30.2 Å². The number of aromatic nitrogens is 4. The molecule has 2 unspecified atom stereocenters. The fourth-order valence-electron chi connectivity index (χ4n) is 2.98. The number of carbonyl (C=O) groups is 1. The van der Waals surface area contributed by atoms with Crippen LogP contribution in [0.5, 0.6) is 0 Å². The summed E-state index contributed by atoms with van der Waals surface area (Å²) in [5.41, 5.74) is 0.595. The molecular weight excluding hydrogens is 395 g/mol. The highest BCUT2D eigenvalue weighted by Gasteiger charge is 2.38. The van der Waals surface area contributed by atoms with E-state index in [1.54, 1.807) is 32.0 Å². The quantitative estimate of drug-likeness (QED) is 0.625. The van der Waals surface area contributed by atoms with E-state index in [0.29, 0.717) is 11.4 Å². The molecule has 1 fully saturated rings. The molecule has 3 heterocycles. The Kier molecular flexibility index (Phi) is 5.27. The monoisotopic (exact) mass is 414 g/mol. The Morgan fingerprint density at radius 1 is 1.23 bits per heavy atom. The van der Waals surface area contributed by atoms with Crippen molar-refractivity contribution in [2.45, 2.75) is 32.0 Å². The first-order valence-electron chi connectivity index (χ1n) is 9.25. The van der Waals surface area contributed by atoms with Crippen LogP contribution in [-0.4, -0.2) is 50.1 Å². The van der Waals surface area contributed by atoms with Crippen LogP contribution in [0.1, 0.15) is 25.8 Å². The lowest BCUT2D eigenvalue weighted by atomic mass is 10.2. The number of hydrogen-bond acceptors (Lipinski definition) is 9. The van der Waals surface area contributed by atoms with Gasteiger partial charge in [-0.15, -0.1) is 10.2 Å². The van der Waals surface area contributed by atoms with Gasteiger partial charge < -0.3 is 19.6 Å². The van der Waals surface area contributed by atoms with Crippen LogP contribution >= 0.6 is 0 Å². The Labute approximate surface area is 170 Å². The summed E-state index contributed by atoms with van der Waals surface area (Å²) < 4.78 is 23.8. The summed E-state index contributed by atoms with van der Waals surface area (Å²) in [6.45, 7) is 3.44. The zero-order valence-electron chi connectivity index (χ0n) is 16.2. The van der Waals surface area contributed by atoms with E-state index in [2.05, 4.69) is 25.5 Å². The second-order valence-corrected chi connectivity index (χ2v) is 6.81. The average Bonchev–Trinajstić information content (AvgIpc) is 3.36. The van der Waals surface area contributed by atoms with Crippen molar-refractivity contribution in [3.63, 3.8) is 0 Å². The molecule has 10 nitrogen and oxygen atoms in total. The van der Waals surface area contributed by atoms with E-state index in [0.717, 1.165) is 0 Å². The van der Waals surface area contributed by atoms with E-state index < -0.39 is 24.3 Å². The summed E-state index contributed by atoms with van der Waals surface area (Å²) >= 11 is 0. The number of anilines is 2. The first-order valence-corrected chi connectivity index (χ1v) is 9.25. The molecule has 0 bridgehead atoms. The molecule has 1 aliphatic rings. The van der Waals surface area contributed by atoms with Crippen molar-refractivity contribution < 1.29 is 23.4 Å². The van der Waals surface area contributed by atoms with Gasteiger partial charge in [-0.05, 0) is 44.2 Å². The summed E-state index contributed by atoms with van der Waals surface area (Å²) in [4.78, 5) is 21.8. The zero-order valence-corrected chi connectivity index (χ0v) is 16.2. The lowest BCUT2D eigenvalue weighted by Gasteiger charge is -2.22. The van der Waals surface area contributed by atoms with Gasteiger partial charge >= 0.3 is 6.09 Å². The van der Waals surface area contributed by atoms with Gasteiger partial charge in [0.25, 0.3) is 0 Å². The van der Waals surface area contributed by atoms with Gasteiger partial charge in [-0.2, -0.15) is 4.98 Å². The van der Waals surface area contributed by atoms with Gasteiger partial charge in [-0.25, -0.2) is 14.2 Å². The fourth-order valence-corrected chi connectivity index (χ4v) is 2.98. The molecule has 3 aromatic rings. The lowest BCUT2D eigenvalue weighted by molar-refractivity contribution is 0.142. The number of amides is 1. The normalized spacial score (nSPS) is 18.2. The van der Waals surface area contributed by atoms with Gasteiger partial charge in [0.15, 0.2) is 0 Å². The molecule has 1 amide bonds. The molecule has 2 aromatic heterocycles. The highest BCUT2D eigenvalue weighted by molar-refractivity contribution is 5.89. The van der Waals surface area contributed by atoms with E-state index in [1.807, 2.05) is 0 Å². The van der Waals surface area contributed by atoms with Crippen LogP contribution in [0.2, 0.25) is 0 Å². The number of benzene rings is 1. The van der Waals surface area contributed by atoms with Gasteiger partial charge in [-0.3, -0.25) is 4.90 Å². The van der Waals surface area contributed by atoms with E-state index in [1.165, 1.54) is 23.2 Å². The van der Waals surface area contributed by atoms with Crippen LogP contribution in [0.25, 0.3) is 11.5 Å². The van der Waals surface area contributed by atoms with E-state index in [4.69, 9.17) is 9.15 Å². The Morgan fingerprint density at radius 3 is 2.73 bits per heavy atom. The molecule has 4 rings (SSSR count). The van der Waals surface area contributed by atoms with Gasteiger partial charge in [0.05, 0.1) is 6.10 Å². The van der Waals surface area contributed by atoms with Gasteiger partial charge in [-0.1, -0.05) is 0 Å². The van der Waals surface area contributed by atoms with Crippen LogP contribution in [0.3, 0.4) is 0 Å². The number of hydrogen-bond donors (Lipinski definition) is 2. The molecular formula is C19H19FN6O4. The van der Waals surface area contributed by atoms with Crippen molar-refractivity contribution >= 4 is 17.9 Å². The summed E-state index contributed by atoms with van der Waals surface area (Å²) in [5, 5.41) is 20.9. The van der Waals surface area contributed by atoms with Crippen LogP contribution in [0.15, 0.2) is 40.9 Å². The summed E-state index contributed by atoms with van der Waals surface area (Å²) in [5.74, 6) is 0.708. The van der Waals surface area contributed by atoms with Crippen molar-refractivity contribution in [2.24, 2.45) is 0 Å². The summed E-state index contributed by atoms with van der Waals surface area (Å²) in [6.07, 6.45) is 0.115. The summed E-state index contributed by atoms with van der Waals surface area (Å²) in [7, 11) is 0. The SMILES string of the molecule is CC(Nc1nccc(N2C(=O)OCC2[C@@H](C)O)n1)c1nnc(-c2ccc(F)cc2)o1. The number of aliphatic hydroxyl groups excluding tert-OH is 1. The van der Waals surface area contributed by atoms with E-state index >= 15 is 0 Å². The zero-order chi connectivity index (χ0) is 21.3. The van der Waals surface area contributed by atoms with Crippen LogP contribution in [-0.2, 0) is 4.74 Å². The maximum Gasteiger partial charge on any atom is 0.416 e. The average molecular weight is 414 g/mol. The molecule has 156 valence electrons. The molecule has 0 radical (unpaired) electrons. The van der Waals surface area contributed by atoms with Crippen molar-refractivity contribution in [2.75, 3.05) is 16.8 Å². The predicted molar refractivity (Wildman–Crippen MR) is 103 cm³/mol. The first kappa shape index (κ1) is 19.7. The molecule has 11 heteroatoms. The second-order valence-electron chi connectivity index (χ2n) is 6.81. The standard InChI is InChI=1S/C19H19FN6O4/c1-10(16-24-25-17(30-16)12-3-5-13(20)6-4-12)22-18-21-8-7-15(23-18)26-14(11(2)27)9-29-19(26)28/h3-8,10-11,14,27H,9H2,1-2H3,(H,21,22,23)/t10?,11-,14?/m1/s1. The highest BCUT2D eigenvalue weighted by atomic mass is 19.1. The molecule has 0 saturated carbocycles. The van der Waals surface area contributed by atoms with Gasteiger partial charge in [0.1, 0.15) is 30.3 Å². The number of ether oxygens (including phenoxy) is 1. The van der Waals surface area contributed by atoms with Crippen molar-refractivity contribution in [3.05, 3.63) is 48.2 Å². The number of nitrogens with zero attached hydrogens (tertiary/aromatic N) is 5. The van der Waals surface area contributed by atoms with Crippen LogP contribution in [0, 0.1) is 5.82 Å². The highest BCUT2D eigenvalue weighted by Crippen LogP contribution is 2.26. The number of aliphatic hydroxyl groups is 1. The number of cyclic esters (lactones) is 1. The topological polar surface area (TPSA) is 127 Å². The third-order valence-corrected chi connectivity index (χ3v) is 4.60. The maximum absolute atomic E-state index is 13.1. The lowest BCUT2D eigenvalue weighted by Crippen LogP contribution is -2.41. The van der Waals surface area contributed by atoms with Crippen molar-refractivity contribution in [3.8, 4) is 11.5 Å². The minimum atomic E-state index is -0.787. The number of halogens is 1. The van der Waals surface area contributed by atoms with Crippen LogP contribution in [0.4, 0.5) is 21.0 Å². The van der Waals surface area contributed by atoms with Crippen molar-refractivity contribution in [1.29, 1.82) is 0 Å². The first-order chi connectivity index (χ1) is 14.4. The molecule has 0 spiro atoms. The van der Waals surface area contributed by atoms with Crippen molar-refractivity contribution in [1.82, 2.24) is 20.2 Å². The molecule has 1 aliphatic heterocycles. The fraction of sp³-hybridized carbons (Fsp3) is 0.316. The van der Waals surface area contributed by atoms with Gasteiger partial charge in [0.2, 0.25) is 17.7 Å². The minimum absolute atomic E-state index is 0.0772. The molecule has 30 heavy (non-hydrogen) atoms. The molecule has 2 N–H and O–H groups in total. The Balaban J connectivity index is 1.50. The number of carbonyl (C=O) groups excluding carboxylic acids is 1. The Hall–Kier alpha value is -3.60. The molecule has 3 atom stereocenters. The summed E-state index contributed by atoms with van der Waals surface area (Å²) in [6, 6.07) is 6.29. The van der Waals surface area contributed by atoms with E-state index in [9.17, 15) is 14.3 Å². The molecule has 1 aromatic carbocycles. The molecule has 0 aliphatic carbocycles. The largest absolute Gasteiger partial charge is 0.447 e. The Morgan fingerprint density at radius 2 is 2.00 bits per heavy atom. The van der Waals surface area contributed by atoms with Crippen LogP contribution < -0.4 is 10.2 Å².